The molecule has 1 fully saturated rings. The first-order valence-corrected chi connectivity index (χ1v) is 7.96. The second-order valence-corrected chi connectivity index (χ2v) is 6.22. The van der Waals surface area contributed by atoms with Crippen LogP contribution in [0.3, 0.4) is 0 Å². The molecular weight excluding hydrogens is 222 g/mol. The Kier molecular flexibility index (Phi) is 7.25. The molecule has 0 bridgehead atoms. The van der Waals surface area contributed by atoms with Crippen LogP contribution in [0, 0.1) is 5.92 Å². The van der Waals surface area contributed by atoms with Crippen molar-refractivity contribution in [1.82, 2.24) is 5.32 Å². The van der Waals surface area contributed by atoms with Gasteiger partial charge in [-0.3, -0.25) is 0 Å². The third-order valence-electron chi connectivity index (χ3n) is 4.39. The van der Waals surface area contributed by atoms with Crippen LogP contribution in [0.25, 0.3) is 0 Å². The van der Waals surface area contributed by atoms with Crippen LogP contribution in [0.5, 0.6) is 0 Å². The summed E-state index contributed by atoms with van der Waals surface area (Å²) in [5.41, 5.74) is 0.124. The number of rotatable bonds is 8. The molecule has 0 aliphatic heterocycles. The number of nitrogens with one attached hydrogen (secondary N) is 1. The van der Waals surface area contributed by atoms with Gasteiger partial charge in [0.25, 0.3) is 0 Å². The lowest BCUT2D eigenvalue weighted by Crippen LogP contribution is -2.52. The van der Waals surface area contributed by atoms with Crippen LogP contribution in [0.15, 0.2) is 0 Å². The summed E-state index contributed by atoms with van der Waals surface area (Å²) in [6.45, 7) is 7.61. The first-order chi connectivity index (χ1) is 8.64. The molecule has 1 unspecified atom stereocenters. The molecule has 1 atom stereocenters. The van der Waals surface area contributed by atoms with Crippen molar-refractivity contribution < 1.29 is 4.74 Å². The summed E-state index contributed by atoms with van der Waals surface area (Å²) in [7, 11) is 2.11. The molecule has 0 aromatic rings. The molecule has 0 radical (unpaired) electrons. The smallest absolute Gasteiger partial charge is 0.0834 e. The van der Waals surface area contributed by atoms with Gasteiger partial charge in [0.05, 0.1) is 5.60 Å². The molecule has 1 saturated carbocycles. The minimum absolute atomic E-state index is 0.124. The van der Waals surface area contributed by atoms with Crippen LogP contribution in [-0.2, 0) is 4.74 Å². The van der Waals surface area contributed by atoms with Crippen molar-refractivity contribution in [3.05, 3.63) is 0 Å². The van der Waals surface area contributed by atoms with E-state index in [4.69, 9.17) is 4.74 Å². The average Bonchev–Trinajstić information content (AvgIpc) is 2.35. The van der Waals surface area contributed by atoms with Gasteiger partial charge in [0, 0.05) is 12.6 Å². The van der Waals surface area contributed by atoms with Gasteiger partial charge in [-0.15, -0.1) is 0 Å². The maximum Gasteiger partial charge on any atom is 0.0834 e. The quantitative estimate of drug-likeness (QED) is 0.704. The van der Waals surface area contributed by atoms with Gasteiger partial charge < -0.3 is 10.1 Å². The van der Waals surface area contributed by atoms with Gasteiger partial charge in [-0.05, 0) is 39.2 Å². The van der Waals surface area contributed by atoms with Crippen LogP contribution in [0.2, 0.25) is 0 Å². The Labute approximate surface area is 114 Å². The highest BCUT2D eigenvalue weighted by molar-refractivity contribution is 4.95. The van der Waals surface area contributed by atoms with Crippen LogP contribution >= 0.6 is 0 Å². The third kappa shape index (κ3) is 4.55. The van der Waals surface area contributed by atoms with E-state index in [1.807, 2.05) is 0 Å². The van der Waals surface area contributed by atoms with Crippen molar-refractivity contribution >= 4 is 0 Å². The Morgan fingerprint density at radius 2 is 1.78 bits per heavy atom. The Hall–Kier alpha value is -0.0800. The van der Waals surface area contributed by atoms with Crippen LogP contribution in [0.1, 0.15) is 72.1 Å². The molecule has 18 heavy (non-hydrogen) atoms. The summed E-state index contributed by atoms with van der Waals surface area (Å²) in [6.07, 6.45) is 10.5. The van der Waals surface area contributed by atoms with E-state index in [-0.39, 0.29) is 5.60 Å². The van der Waals surface area contributed by atoms with Gasteiger partial charge in [0.1, 0.15) is 0 Å². The molecule has 0 amide bonds. The molecule has 0 aromatic heterocycles. The van der Waals surface area contributed by atoms with E-state index in [9.17, 15) is 0 Å². The monoisotopic (exact) mass is 255 g/mol. The zero-order chi connectivity index (χ0) is 13.4. The molecule has 0 aromatic carbocycles. The number of ether oxygens (including phenoxy) is 1. The summed E-state index contributed by atoms with van der Waals surface area (Å²) in [6, 6.07) is 0.538. The lowest BCUT2D eigenvalue weighted by molar-refractivity contribution is -0.0905. The topological polar surface area (TPSA) is 21.3 Å². The zero-order valence-corrected chi connectivity index (χ0v) is 12.9. The lowest BCUT2D eigenvalue weighted by atomic mass is 9.77. The van der Waals surface area contributed by atoms with Gasteiger partial charge in [-0.25, -0.2) is 0 Å². The summed E-state index contributed by atoms with van der Waals surface area (Å²) in [5.74, 6) is 0.817. The first-order valence-electron chi connectivity index (χ1n) is 7.96. The summed E-state index contributed by atoms with van der Waals surface area (Å²) < 4.78 is 6.22. The molecule has 2 nitrogen and oxygen atoms in total. The first kappa shape index (κ1) is 16.0. The highest BCUT2D eigenvalue weighted by Crippen LogP contribution is 2.36. The van der Waals surface area contributed by atoms with Crippen molar-refractivity contribution in [3.63, 3.8) is 0 Å². The highest BCUT2D eigenvalue weighted by Gasteiger charge is 2.39. The maximum atomic E-state index is 6.22. The molecule has 108 valence electrons. The number of hydrogen-bond acceptors (Lipinski definition) is 2. The SMILES string of the molecule is CCOC1(C(CCCC(C)C)NC)CCCCC1. The second kappa shape index (κ2) is 8.16. The Morgan fingerprint density at radius 3 is 2.28 bits per heavy atom. The van der Waals surface area contributed by atoms with E-state index < -0.39 is 0 Å². The average molecular weight is 255 g/mol. The molecule has 1 aliphatic carbocycles. The summed E-state index contributed by atoms with van der Waals surface area (Å²) >= 11 is 0. The maximum absolute atomic E-state index is 6.22. The van der Waals surface area contributed by atoms with E-state index in [0.717, 1.165) is 12.5 Å². The van der Waals surface area contributed by atoms with Crippen molar-refractivity contribution in [1.29, 1.82) is 0 Å². The van der Waals surface area contributed by atoms with Crippen molar-refractivity contribution in [2.75, 3.05) is 13.7 Å². The molecule has 2 heteroatoms. The van der Waals surface area contributed by atoms with Gasteiger partial charge in [-0.2, -0.15) is 0 Å². The van der Waals surface area contributed by atoms with Crippen LogP contribution < -0.4 is 5.32 Å². The summed E-state index contributed by atoms with van der Waals surface area (Å²) in [4.78, 5) is 0. The normalized spacial score (nSPS) is 21.2. The minimum atomic E-state index is 0.124. The Bertz CT molecular complexity index is 204. The second-order valence-electron chi connectivity index (χ2n) is 6.22. The molecule has 0 saturated heterocycles. The zero-order valence-electron chi connectivity index (χ0n) is 12.9. The Balaban J connectivity index is 2.56. The standard InChI is InChI=1S/C16H33NO/c1-5-18-16(12-7-6-8-13-16)15(17-4)11-9-10-14(2)3/h14-15,17H,5-13H2,1-4H3. The van der Waals surface area contributed by atoms with Gasteiger partial charge in [0.2, 0.25) is 0 Å². The Morgan fingerprint density at radius 1 is 1.11 bits per heavy atom. The third-order valence-corrected chi connectivity index (χ3v) is 4.39. The van der Waals surface area contributed by atoms with Crippen LogP contribution in [0.4, 0.5) is 0 Å². The highest BCUT2D eigenvalue weighted by atomic mass is 16.5. The van der Waals surface area contributed by atoms with E-state index in [2.05, 4.69) is 33.1 Å². The van der Waals surface area contributed by atoms with Crippen molar-refractivity contribution in [2.24, 2.45) is 5.92 Å². The van der Waals surface area contributed by atoms with Crippen molar-refractivity contribution in [3.8, 4) is 0 Å². The fourth-order valence-electron chi connectivity index (χ4n) is 3.43. The fraction of sp³-hybridized carbons (Fsp3) is 1.00. The predicted octanol–water partition coefficient (Wildman–Crippen LogP) is 4.14. The molecule has 1 N–H and O–H groups in total. The summed E-state index contributed by atoms with van der Waals surface area (Å²) in [5, 5.41) is 3.55. The minimum Gasteiger partial charge on any atom is -0.374 e. The molecule has 0 spiro atoms. The predicted molar refractivity (Wildman–Crippen MR) is 79.0 cm³/mol. The molecular formula is C16H33NO. The fourth-order valence-corrected chi connectivity index (χ4v) is 3.43. The van der Waals surface area contributed by atoms with Crippen molar-refractivity contribution in [2.45, 2.75) is 83.8 Å². The van der Waals surface area contributed by atoms with Crippen LogP contribution in [-0.4, -0.2) is 25.3 Å². The van der Waals surface area contributed by atoms with Gasteiger partial charge in [0.15, 0.2) is 0 Å². The van der Waals surface area contributed by atoms with Gasteiger partial charge >= 0.3 is 0 Å². The van der Waals surface area contributed by atoms with Gasteiger partial charge in [-0.1, -0.05) is 46.0 Å². The molecule has 1 rings (SSSR count). The number of likely N-dealkylation sites (N-methyl/N-ethyl adjacent to an activating group) is 1. The molecule has 1 aliphatic rings. The van der Waals surface area contributed by atoms with E-state index >= 15 is 0 Å². The molecule has 0 heterocycles. The van der Waals surface area contributed by atoms with E-state index in [1.165, 1.54) is 51.4 Å². The van der Waals surface area contributed by atoms with E-state index in [0.29, 0.717) is 6.04 Å². The number of hydrogen-bond donors (Lipinski definition) is 1. The lowest BCUT2D eigenvalue weighted by Gasteiger charge is -2.43. The van der Waals surface area contributed by atoms with E-state index in [1.54, 1.807) is 0 Å². The largest absolute Gasteiger partial charge is 0.374 e.